The van der Waals surface area contributed by atoms with Crippen molar-refractivity contribution in [2.45, 2.75) is 19.3 Å². The fourth-order valence-corrected chi connectivity index (χ4v) is 4.31. The lowest BCUT2D eigenvalue weighted by Crippen LogP contribution is -2.18. The molecule has 0 saturated heterocycles. The van der Waals surface area contributed by atoms with E-state index in [9.17, 15) is 9.90 Å². The molecule has 1 aromatic heterocycles. The number of fused-ring (bicyclic) bond motifs is 3. The SMILES string of the molecule is O=C(Cc1ccc(I)cc1)Nc1nc2c(nc1-c1ccc(O)cc1)-c1ccccc1CC2. The van der Waals surface area contributed by atoms with Gasteiger partial charge in [-0.2, -0.15) is 0 Å². The number of rotatable bonds is 4. The van der Waals surface area contributed by atoms with Gasteiger partial charge in [-0.05, 0) is 83.0 Å². The fraction of sp³-hybridized carbons (Fsp3) is 0.115. The minimum Gasteiger partial charge on any atom is -0.508 e. The van der Waals surface area contributed by atoms with E-state index < -0.39 is 0 Å². The number of halogens is 1. The molecule has 0 radical (unpaired) electrons. The Morgan fingerprint density at radius 1 is 0.906 bits per heavy atom. The summed E-state index contributed by atoms with van der Waals surface area (Å²) in [5.41, 5.74) is 6.39. The van der Waals surface area contributed by atoms with Gasteiger partial charge in [-0.25, -0.2) is 9.97 Å². The molecule has 3 aromatic carbocycles. The van der Waals surface area contributed by atoms with E-state index in [0.29, 0.717) is 11.5 Å². The van der Waals surface area contributed by atoms with Crippen LogP contribution in [0.15, 0.2) is 72.8 Å². The Balaban J connectivity index is 1.54. The number of phenols is 1. The molecule has 158 valence electrons. The number of aromatic nitrogens is 2. The Morgan fingerprint density at radius 3 is 2.44 bits per heavy atom. The van der Waals surface area contributed by atoms with Crippen LogP contribution in [-0.2, 0) is 24.1 Å². The summed E-state index contributed by atoms with van der Waals surface area (Å²) in [7, 11) is 0. The maximum atomic E-state index is 12.9. The third-order valence-corrected chi connectivity index (χ3v) is 6.27. The third-order valence-electron chi connectivity index (χ3n) is 5.55. The van der Waals surface area contributed by atoms with Crippen molar-refractivity contribution in [2.24, 2.45) is 0 Å². The number of hydrogen-bond donors (Lipinski definition) is 2. The lowest BCUT2D eigenvalue weighted by Gasteiger charge is -2.21. The van der Waals surface area contributed by atoms with Gasteiger partial charge in [-0.1, -0.05) is 36.4 Å². The van der Waals surface area contributed by atoms with Gasteiger partial charge in [0.2, 0.25) is 5.91 Å². The van der Waals surface area contributed by atoms with E-state index in [-0.39, 0.29) is 18.1 Å². The Kier molecular flexibility index (Phi) is 5.61. The molecule has 1 aliphatic carbocycles. The molecule has 0 atom stereocenters. The quantitative estimate of drug-likeness (QED) is 0.345. The van der Waals surface area contributed by atoms with Crippen molar-refractivity contribution in [1.82, 2.24) is 9.97 Å². The number of carbonyl (C=O) groups is 1. The number of nitrogens with zero attached hydrogens (tertiary/aromatic N) is 2. The monoisotopic (exact) mass is 533 g/mol. The first kappa shape index (κ1) is 20.6. The summed E-state index contributed by atoms with van der Waals surface area (Å²) in [6.45, 7) is 0. The molecule has 5 nitrogen and oxygen atoms in total. The normalized spacial score (nSPS) is 12.0. The number of phenolic OH excluding ortho intramolecular Hbond substituents is 1. The minimum absolute atomic E-state index is 0.142. The molecule has 0 fully saturated rings. The molecule has 32 heavy (non-hydrogen) atoms. The van der Waals surface area contributed by atoms with Crippen molar-refractivity contribution in [3.05, 3.63) is 93.2 Å². The second-order valence-electron chi connectivity index (χ2n) is 7.77. The highest BCUT2D eigenvalue weighted by Crippen LogP contribution is 2.35. The van der Waals surface area contributed by atoms with Crippen LogP contribution in [0.5, 0.6) is 5.75 Å². The van der Waals surface area contributed by atoms with Crippen molar-refractivity contribution >= 4 is 34.3 Å². The highest BCUT2D eigenvalue weighted by molar-refractivity contribution is 14.1. The standard InChI is InChI=1S/C26H20IN3O2/c27-19-10-5-16(6-11-19)15-23(32)29-26-24(18-7-12-20(31)13-8-18)30-25-21-4-2-1-3-17(21)9-14-22(25)28-26/h1-8,10-13,31H,9,14-15H2,(H,28,29,32). The Bertz CT molecular complexity index is 1300. The maximum Gasteiger partial charge on any atom is 0.230 e. The van der Waals surface area contributed by atoms with Crippen LogP contribution in [0.2, 0.25) is 0 Å². The van der Waals surface area contributed by atoms with Gasteiger partial charge in [0.25, 0.3) is 0 Å². The number of amides is 1. The molecule has 0 unspecified atom stereocenters. The molecule has 5 rings (SSSR count). The van der Waals surface area contributed by atoms with Crippen LogP contribution in [0.4, 0.5) is 5.82 Å². The van der Waals surface area contributed by atoms with Gasteiger partial charge < -0.3 is 10.4 Å². The summed E-state index contributed by atoms with van der Waals surface area (Å²) < 4.78 is 1.13. The number of benzene rings is 3. The number of aromatic hydroxyl groups is 1. The zero-order chi connectivity index (χ0) is 22.1. The molecule has 2 N–H and O–H groups in total. The first-order chi connectivity index (χ1) is 15.6. The van der Waals surface area contributed by atoms with E-state index in [1.54, 1.807) is 24.3 Å². The van der Waals surface area contributed by atoms with Crippen LogP contribution in [0.1, 0.15) is 16.8 Å². The van der Waals surface area contributed by atoms with Gasteiger partial charge in [0, 0.05) is 14.7 Å². The predicted molar refractivity (Wildman–Crippen MR) is 133 cm³/mol. The van der Waals surface area contributed by atoms with E-state index in [0.717, 1.165) is 44.5 Å². The van der Waals surface area contributed by atoms with Crippen LogP contribution >= 0.6 is 22.6 Å². The average Bonchev–Trinajstić information content (AvgIpc) is 2.80. The number of nitrogens with one attached hydrogen (secondary N) is 1. The smallest absolute Gasteiger partial charge is 0.230 e. The molecule has 0 saturated carbocycles. The van der Waals surface area contributed by atoms with Crippen molar-refractivity contribution in [3.63, 3.8) is 0 Å². The third kappa shape index (κ3) is 4.23. The van der Waals surface area contributed by atoms with Gasteiger partial charge >= 0.3 is 0 Å². The largest absolute Gasteiger partial charge is 0.508 e. The average molecular weight is 533 g/mol. The van der Waals surface area contributed by atoms with Crippen molar-refractivity contribution < 1.29 is 9.90 Å². The van der Waals surface area contributed by atoms with E-state index in [2.05, 4.69) is 40.0 Å². The topological polar surface area (TPSA) is 75.1 Å². The van der Waals surface area contributed by atoms with Crippen molar-refractivity contribution in [3.8, 4) is 28.3 Å². The lowest BCUT2D eigenvalue weighted by molar-refractivity contribution is -0.115. The molecule has 1 heterocycles. The highest BCUT2D eigenvalue weighted by Gasteiger charge is 2.23. The molecular formula is C26H20IN3O2. The Labute approximate surface area is 199 Å². The van der Waals surface area contributed by atoms with Gasteiger partial charge in [-0.3, -0.25) is 4.79 Å². The lowest BCUT2D eigenvalue weighted by atomic mass is 9.91. The first-order valence-corrected chi connectivity index (χ1v) is 11.5. The minimum atomic E-state index is -0.142. The van der Waals surface area contributed by atoms with E-state index in [4.69, 9.17) is 9.97 Å². The van der Waals surface area contributed by atoms with Crippen LogP contribution in [0.25, 0.3) is 22.5 Å². The molecule has 1 amide bonds. The van der Waals surface area contributed by atoms with Crippen LogP contribution < -0.4 is 5.32 Å². The number of anilines is 1. The molecule has 4 aromatic rings. The summed E-state index contributed by atoms with van der Waals surface area (Å²) in [6, 6.07) is 22.9. The molecule has 1 aliphatic rings. The van der Waals surface area contributed by atoms with Gasteiger partial charge in [0.05, 0.1) is 17.8 Å². The Morgan fingerprint density at radius 2 is 1.66 bits per heavy atom. The number of aryl methyl sites for hydroxylation is 2. The van der Waals surface area contributed by atoms with E-state index in [1.165, 1.54) is 5.56 Å². The second kappa shape index (κ2) is 8.70. The zero-order valence-corrected chi connectivity index (χ0v) is 19.3. The first-order valence-electron chi connectivity index (χ1n) is 10.4. The van der Waals surface area contributed by atoms with E-state index >= 15 is 0 Å². The molecule has 6 heteroatoms. The summed E-state index contributed by atoms with van der Waals surface area (Å²) in [5.74, 6) is 0.482. The van der Waals surface area contributed by atoms with Gasteiger partial charge in [0.15, 0.2) is 5.82 Å². The number of hydrogen-bond acceptors (Lipinski definition) is 4. The molecule has 0 bridgehead atoms. The van der Waals surface area contributed by atoms with Gasteiger partial charge in [-0.15, -0.1) is 0 Å². The van der Waals surface area contributed by atoms with Crippen molar-refractivity contribution in [1.29, 1.82) is 0 Å². The Hall–Kier alpha value is -3.26. The second-order valence-corrected chi connectivity index (χ2v) is 9.02. The summed E-state index contributed by atoms with van der Waals surface area (Å²) in [6.07, 6.45) is 1.93. The predicted octanol–water partition coefficient (Wildman–Crippen LogP) is 5.40. The molecule has 0 aliphatic heterocycles. The van der Waals surface area contributed by atoms with Crippen LogP contribution in [-0.4, -0.2) is 21.0 Å². The molecule has 0 spiro atoms. The highest BCUT2D eigenvalue weighted by atomic mass is 127. The van der Waals surface area contributed by atoms with Crippen molar-refractivity contribution in [2.75, 3.05) is 5.32 Å². The summed E-state index contributed by atoms with van der Waals surface area (Å²) in [5, 5.41) is 12.7. The van der Waals surface area contributed by atoms with Crippen LogP contribution in [0, 0.1) is 3.57 Å². The zero-order valence-electron chi connectivity index (χ0n) is 17.2. The summed E-state index contributed by atoms with van der Waals surface area (Å²) >= 11 is 2.25. The fourth-order valence-electron chi connectivity index (χ4n) is 3.95. The number of carbonyl (C=O) groups excluding carboxylic acids is 1. The van der Waals surface area contributed by atoms with Gasteiger partial charge in [0.1, 0.15) is 11.4 Å². The van der Waals surface area contributed by atoms with Crippen LogP contribution in [0.3, 0.4) is 0 Å². The summed E-state index contributed by atoms with van der Waals surface area (Å²) in [4.78, 5) is 22.7. The molecular weight excluding hydrogens is 513 g/mol. The van der Waals surface area contributed by atoms with E-state index in [1.807, 2.05) is 36.4 Å². The maximum absolute atomic E-state index is 12.9.